The lowest BCUT2D eigenvalue weighted by molar-refractivity contribution is -0.117. The largest absolute Gasteiger partial charge is 0.496 e. The Balaban J connectivity index is 1.74. The van der Waals surface area contributed by atoms with Gasteiger partial charge >= 0.3 is 5.97 Å². The second-order valence-electron chi connectivity index (χ2n) is 7.14. The van der Waals surface area contributed by atoms with Gasteiger partial charge in [-0.2, -0.15) is 5.10 Å². The summed E-state index contributed by atoms with van der Waals surface area (Å²) in [5.74, 6) is -1.16. The number of esters is 1. The highest BCUT2D eigenvalue weighted by molar-refractivity contribution is 5.93. The van der Waals surface area contributed by atoms with Gasteiger partial charge in [-0.15, -0.1) is 0 Å². The standard InChI is InChI=1S/C23H22FN3O5/c1-14(2)32-23(30)15-4-7-17(8-5-15)25-21(28)13-27-22(29)11-10-19(26-27)18-9-6-16(24)12-20(18)31-3/h4-12,14H,13H2,1-3H3,(H,25,28). The first-order chi connectivity index (χ1) is 15.3. The first-order valence-electron chi connectivity index (χ1n) is 9.80. The maximum Gasteiger partial charge on any atom is 0.338 e. The Morgan fingerprint density at radius 3 is 2.47 bits per heavy atom. The minimum absolute atomic E-state index is 0.238. The van der Waals surface area contributed by atoms with Gasteiger partial charge in [0.15, 0.2) is 0 Å². The van der Waals surface area contributed by atoms with E-state index >= 15 is 0 Å². The summed E-state index contributed by atoms with van der Waals surface area (Å²) in [7, 11) is 1.40. The second kappa shape index (κ2) is 9.86. The molecule has 32 heavy (non-hydrogen) atoms. The lowest BCUT2D eigenvalue weighted by Gasteiger charge is -2.11. The highest BCUT2D eigenvalue weighted by Gasteiger charge is 2.13. The summed E-state index contributed by atoms with van der Waals surface area (Å²) in [6.45, 7) is 3.17. The number of aromatic nitrogens is 2. The van der Waals surface area contributed by atoms with E-state index in [4.69, 9.17) is 9.47 Å². The molecular formula is C23H22FN3O5. The molecule has 9 heteroatoms. The number of nitrogens with one attached hydrogen (secondary N) is 1. The fourth-order valence-corrected chi connectivity index (χ4v) is 2.89. The lowest BCUT2D eigenvalue weighted by atomic mass is 10.1. The van der Waals surface area contributed by atoms with E-state index in [0.29, 0.717) is 22.5 Å². The number of methoxy groups -OCH3 is 1. The third kappa shape index (κ3) is 5.57. The van der Waals surface area contributed by atoms with Gasteiger partial charge in [-0.3, -0.25) is 9.59 Å². The van der Waals surface area contributed by atoms with E-state index in [0.717, 1.165) is 4.68 Å². The summed E-state index contributed by atoms with van der Waals surface area (Å²) in [4.78, 5) is 36.5. The van der Waals surface area contributed by atoms with Gasteiger partial charge in [0.05, 0.1) is 24.5 Å². The van der Waals surface area contributed by atoms with Crippen LogP contribution in [-0.2, 0) is 16.1 Å². The van der Waals surface area contributed by atoms with Crippen molar-refractivity contribution in [2.24, 2.45) is 0 Å². The molecule has 0 aliphatic heterocycles. The Bertz CT molecular complexity index is 1190. The summed E-state index contributed by atoms with van der Waals surface area (Å²) in [5, 5.41) is 6.86. The fourth-order valence-electron chi connectivity index (χ4n) is 2.89. The topological polar surface area (TPSA) is 99.5 Å². The molecule has 0 aliphatic rings. The first-order valence-corrected chi connectivity index (χ1v) is 9.80. The van der Waals surface area contributed by atoms with Crippen molar-refractivity contribution in [2.45, 2.75) is 26.5 Å². The number of carbonyl (C=O) groups is 2. The van der Waals surface area contributed by atoms with Crippen LogP contribution in [0.25, 0.3) is 11.3 Å². The molecule has 1 aromatic heterocycles. The van der Waals surface area contributed by atoms with Crippen molar-refractivity contribution >= 4 is 17.6 Å². The zero-order valence-electron chi connectivity index (χ0n) is 17.8. The first kappa shape index (κ1) is 22.7. The van der Waals surface area contributed by atoms with Crippen LogP contribution in [0.5, 0.6) is 5.75 Å². The average molecular weight is 439 g/mol. The number of nitrogens with zero attached hydrogens (tertiary/aromatic N) is 2. The van der Waals surface area contributed by atoms with Crippen molar-refractivity contribution in [3.8, 4) is 17.0 Å². The van der Waals surface area contributed by atoms with Crippen molar-refractivity contribution in [1.29, 1.82) is 0 Å². The predicted octanol–water partition coefficient (Wildman–Crippen LogP) is 3.26. The number of halogens is 1. The Morgan fingerprint density at radius 1 is 1.09 bits per heavy atom. The quantitative estimate of drug-likeness (QED) is 0.568. The van der Waals surface area contributed by atoms with E-state index < -0.39 is 23.3 Å². The number of anilines is 1. The molecule has 1 amide bonds. The third-order valence-electron chi connectivity index (χ3n) is 4.35. The number of hydrogen-bond acceptors (Lipinski definition) is 6. The monoisotopic (exact) mass is 439 g/mol. The van der Waals surface area contributed by atoms with E-state index in [9.17, 15) is 18.8 Å². The van der Waals surface area contributed by atoms with E-state index in [1.165, 1.54) is 49.6 Å². The highest BCUT2D eigenvalue weighted by Crippen LogP contribution is 2.28. The van der Waals surface area contributed by atoms with Crippen molar-refractivity contribution in [1.82, 2.24) is 9.78 Å². The second-order valence-corrected chi connectivity index (χ2v) is 7.14. The number of benzene rings is 2. The van der Waals surface area contributed by atoms with Gasteiger partial charge in [0, 0.05) is 23.4 Å². The highest BCUT2D eigenvalue weighted by atomic mass is 19.1. The van der Waals surface area contributed by atoms with E-state index in [2.05, 4.69) is 10.4 Å². The molecule has 3 rings (SSSR count). The maximum absolute atomic E-state index is 13.5. The minimum atomic E-state index is -0.486. The van der Waals surface area contributed by atoms with E-state index in [1.807, 2.05) is 0 Å². The number of amides is 1. The van der Waals surface area contributed by atoms with Crippen molar-refractivity contribution < 1.29 is 23.5 Å². The van der Waals surface area contributed by atoms with Gasteiger partial charge < -0.3 is 14.8 Å². The molecule has 0 saturated heterocycles. The SMILES string of the molecule is COc1cc(F)ccc1-c1ccc(=O)n(CC(=O)Nc2ccc(C(=O)OC(C)C)cc2)n1. The van der Waals surface area contributed by atoms with Crippen LogP contribution in [0.4, 0.5) is 10.1 Å². The molecule has 1 heterocycles. The molecule has 0 saturated carbocycles. The number of rotatable bonds is 7. The number of hydrogen-bond donors (Lipinski definition) is 1. The molecule has 8 nitrogen and oxygen atoms in total. The van der Waals surface area contributed by atoms with Crippen molar-refractivity contribution in [2.75, 3.05) is 12.4 Å². The number of ether oxygens (including phenoxy) is 2. The molecular weight excluding hydrogens is 417 g/mol. The summed E-state index contributed by atoms with van der Waals surface area (Å²) < 4.78 is 24.8. The van der Waals surface area contributed by atoms with Gasteiger partial charge in [-0.1, -0.05) is 0 Å². The molecule has 0 fully saturated rings. The lowest BCUT2D eigenvalue weighted by Crippen LogP contribution is -2.29. The molecule has 0 bridgehead atoms. The molecule has 3 aromatic rings. The molecule has 0 aliphatic carbocycles. The van der Waals surface area contributed by atoms with Crippen LogP contribution in [0, 0.1) is 5.82 Å². The normalized spacial score (nSPS) is 10.7. The molecule has 166 valence electrons. The Labute approximate surface area is 183 Å². The van der Waals surface area contributed by atoms with Gasteiger partial charge in [0.1, 0.15) is 18.1 Å². The molecule has 0 atom stereocenters. The molecule has 0 spiro atoms. The van der Waals surface area contributed by atoms with Crippen LogP contribution in [0.15, 0.2) is 59.4 Å². The molecule has 0 radical (unpaired) electrons. The summed E-state index contributed by atoms with van der Waals surface area (Å²) in [5.41, 5.74) is 1.15. The maximum atomic E-state index is 13.5. The molecule has 2 aromatic carbocycles. The Hall–Kier alpha value is -4.01. The van der Waals surface area contributed by atoms with Crippen LogP contribution in [0.3, 0.4) is 0 Å². The van der Waals surface area contributed by atoms with Gasteiger partial charge in [0.2, 0.25) is 5.91 Å². The van der Waals surface area contributed by atoms with Gasteiger partial charge in [-0.05, 0) is 56.3 Å². The predicted molar refractivity (Wildman–Crippen MR) is 116 cm³/mol. The number of carbonyl (C=O) groups excluding carboxylic acids is 2. The van der Waals surface area contributed by atoms with Gasteiger partial charge in [0.25, 0.3) is 5.56 Å². The van der Waals surface area contributed by atoms with Crippen molar-refractivity contribution in [3.05, 3.63) is 76.3 Å². The molecule has 0 unspecified atom stereocenters. The fraction of sp³-hybridized carbons (Fsp3) is 0.217. The average Bonchev–Trinajstić information content (AvgIpc) is 2.75. The summed E-state index contributed by atoms with van der Waals surface area (Å²) in [6.07, 6.45) is -0.238. The minimum Gasteiger partial charge on any atom is -0.496 e. The smallest absolute Gasteiger partial charge is 0.338 e. The molecule has 1 N–H and O–H groups in total. The van der Waals surface area contributed by atoms with Crippen molar-refractivity contribution in [3.63, 3.8) is 0 Å². The van der Waals surface area contributed by atoms with Crippen LogP contribution >= 0.6 is 0 Å². The van der Waals surface area contributed by atoms with E-state index in [-0.39, 0.29) is 18.4 Å². The summed E-state index contributed by atoms with van der Waals surface area (Å²) >= 11 is 0. The van der Waals surface area contributed by atoms with Crippen LogP contribution in [0.2, 0.25) is 0 Å². The zero-order chi connectivity index (χ0) is 23.3. The zero-order valence-corrected chi connectivity index (χ0v) is 17.8. The third-order valence-corrected chi connectivity index (χ3v) is 4.35. The van der Waals surface area contributed by atoms with Gasteiger partial charge in [-0.25, -0.2) is 13.9 Å². The van der Waals surface area contributed by atoms with Crippen LogP contribution in [-0.4, -0.2) is 34.9 Å². The van der Waals surface area contributed by atoms with Crippen LogP contribution < -0.4 is 15.6 Å². The summed E-state index contributed by atoms with van der Waals surface area (Å²) in [6, 6.07) is 12.9. The van der Waals surface area contributed by atoms with Crippen LogP contribution in [0.1, 0.15) is 24.2 Å². The Kier molecular flexibility index (Phi) is 6.99. The van der Waals surface area contributed by atoms with E-state index in [1.54, 1.807) is 26.0 Å². The Morgan fingerprint density at radius 2 is 1.81 bits per heavy atom.